The van der Waals surface area contributed by atoms with Crippen LogP contribution in [0.25, 0.3) is 21.9 Å². The van der Waals surface area contributed by atoms with Gasteiger partial charge in [-0.05, 0) is 60.3 Å². The van der Waals surface area contributed by atoms with E-state index in [0.717, 1.165) is 56.9 Å². The van der Waals surface area contributed by atoms with Crippen molar-refractivity contribution >= 4 is 46.4 Å². The highest BCUT2D eigenvalue weighted by molar-refractivity contribution is 6.07. The molecule has 0 spiro atoms. The molecule has 1 atom stereocenters. The second-order valence-corrected chi connectivity index (χ2v) is 12.0. The Bertz CT molecular complexity index is 1830. The second-order valence-electron chi connectivity index (χ2n) is 12.0. The lowest BCUT2D eigenvalue weighted by molar-refractivity contribution is -0.125. The Morgan fingerprint density at radius 1 is 0.875 bits per heavy atom. The van der Waals surface area contributed by atoms with Gasteiger partial charge in [0.1, 0.15) is 18.5 Å². The molecule has 0 bridgehead atoms. The number of benzene rings is 3. The minimum Gasteiger partial charge on any atom is -0.350 e. The minimum atomic E-state index is -0.288. The van der Waals surface area contributed by atoms with Crippen molar-refractivity contribution in [3.63, 3.8) is 0 Å². The molecule has 3 amide bonds. The number of nitrogens with one attached hydrogen (secondary N) is 3. The molecule has 3 aromatic carbocycles. The zero-order valence-corrected chi connectivity index (χ0v) is 27.4. The van der Waals surface area contributed by atoms with Gasteiger partial charge in [0, 0.05) is 61.2 Å². The van der Waals surface area contributed by atoms with E-state index < -0.39 is 0 Å². The summed E-state index contributed by atoms with van der Waals surface area (Å²) in [5.41, 5.74) is 6.57. The molecular weight excluding hydrogens is 604 g/mol. The Morgan fingerprint density at radius 2 is 1.58 bits per heavy atom. The molecule has 0 aliphatic heterocycles. The van der Waals surface area contributed by atoms with E-state index in [-0.39, 0.29) is 30.8 Å². The molecule has 48 heavy (non-hydrogen) atoms. The molecule has 248 valence electrons. The van der Waals surface area contributed by atoms with Gasteiger partial charge in [-0.3, -0.25) is 29.4 Å². The summed E-state index contributed by atoms with van der Waals surface area (Å²) in [5.74, 6) is -0.364. The molecule has 0 aliphatic carbocycles. The lowest BCUT2D eigenvalue weighted by Gasteiger charge is -2.27. The van der Waals surface area contributed by atoms with Crippen LogP contribution in [-0.2, 0) is 47.1 Å². The van der Waals surface area contributed by atoms with Crippen molar-refractivity contribution in [1.82, 2.24) is 30.4 Å². The zero-order valence-electron chi connectivity index (χ0n) is 27.4. The number of aldehydes is 1. The van der Waals surface area contributed by atoms with Gasteiger partial charge < -0.3 is 15.2 Å². The predicted molar refractivity (Wildman–Crippen MR) is 187 cm³/mol. The normalized spacial score (nSPS) is 11.9. The molecule has 0 saturated heterocycles. The average molecular weight is 647 g/mol. The molecule has 0 radical (unpaired) electrons. The molecule has 0 saturated carbocycles. The fourth-order valence-corrected chi connectivity index (χ4v) is 6.15. The van der Waals surface area contributed by atoms with E-state index in [2.05, 4.69) is 57.0 Å². The molecule has 0 aliphatic rings. The van der Waals surface area contributed by atoms with Crippen LogP contribution in [0.4, 0.5) is 0 Å². The number of nitrogens with zero attached hydrogens (tertiary/aromatic N) is 3. The van der Waals surface area contributed by atoms with Crippen molar-refractivity contribution in [2.24, 2.45) is 0 Å². The van der Waals surface area contributed by atoms with Gasteiger partial charge in [0.25, 0.3) is 0 Å². The van der Waals surface area contributed by atoms with E-state index in [9.17, 15) is 19.2 Å². The van der Waals surface area contributed by atoms with Crippen LogP contribution in [0.15, 0.2) is 85.1 Å². The Labute approximate surface area is 280 Å². The molecule has 2 heterocycles. The third-order valence-electron chi connectivity index (χ3n) is 8.77. The SMILES string of the molecule is CCC(CCC(=O)NC=O)N(C)Cc1cc(CNCc2ccc(CNC(=O)Cn3c4ccccc4c4cccnc43)cc2)ccc1C=O. The Hall–Kier alpha value is -5.19. The van der Waals surface area contributed by atoms with Crippen LogP contribution in [0.2, 0.25) is 0 Å². The third-order valence-corrected chi connectivity index (χ3v) is 8.77. The number of hydrogen-bond acceptors (Lipinski definition) is 7. The molecule has 1 unspecified atom stereocenters. The van der Waals surface area contributed by atoms with Crippen molar-refractivity contribution < 1.29 is 19.2 Å². The highest BCUT2D eigenvalue weighted by Crippen LogP contribution is 2.27. The van der Waals surface area contributed by atoms with Gasteiger partial charge in [0.15, 0.2) is 0 Å². The van der Waals surface area contributed by atoms with Crippen LogP contribution in [0.3, 0.4) is 0 Å². The summed E-state index contributed by atoms with van der Waals surface area (Å²) < 4.78 is 1.96. The number of aromatic nitrogens is 2. The number of carbonyl (C=O) groups excluding carboxylic acids is 4. The van der Waals surface area contributed by atoms with Crippen LogP contribution in [0.1, 0.15) is 58.8 Å². The lowest BCUT2D eigenvalue weighted by Crippen LogP contribution is -2.33. The maximum absolute atomic E-state index is 12.9. The predicted octanol–water partition coefficient (Wildman–Crippen LogP) is 4.87. The van der Waals surface area contributed by atoms with Crippen molar-refractivity contribution in [2.45, 2.75) is 65.0 Å². The van der Waals surface area contributed by atoms with Crippen LogP contribution in [-0.4, -0.2) is 52.1 Å². The summed E-state index contributed by atoms with van der Waals surface area (Å²) in [7, 11) is 1.99. The van der Waals surface area contributed by atoms with E-state index >= 15 is 0 Å². The maximum atomic E-state index is 12.9. The van der Waals surface area contributed by atoms with Gasteiger partial charge in [-0.1, -0.05) is 67.6 Å². The highest BCUT2D eigenvalue weighted by atomic mass is 16.2. The molecule has 10 nitrogen and oxygen atoms in total. The minimum absolute atomic E-state index is 0.0765. The number of fused-ring (bicyclic) bond motifs is 3. The fraction of sp³-hybridized carbons (Fsp3) is 0.289. The number of para-hydroxylation sites is 1. The molecule has 3 N–H and O–H groups in total. The first-order chi connectivity index (χ1) is 23.4. The Morgan fingerprint density at radius 3 is 2.33 bits per heavy atom. The summed E-state index contributed by atoms with van der Waals surface area (Å²) in [6.45, 7) is 4.56. The molecule has 5 aromatic rings. The summed E-state index contributed by atoms with van der Waals surface area (Å²) in [6.07, 6.45) is 4.77. The molecule has 0 fully saturated rings. The average Bonchev–Trinajstić information content (AvgIpc) is 3.41. The maximum Gasteiger partial charge on any atom is 0.240 e. The number of carbonyl (C=O) groups is 4. The summed E-state index contributed by atoms with van der Waals surface area (Å²) in [5, 5.41) is 10.8. The van der Waals surface area contributed by atoms with E-state index in [1.165, 1.54) is 0 Å². The van der Waals surface area contributed by atoms with E-state index in [0.29, 0.717) is 44.6 Å². The van der Waals surface area contributed by atoms with Crippen LogP contribution in [0.5, 0.6) is 0 Å². The van der Waals surface area contributed by atoms with E-state index in [1.807, 2.05) is 66.2 Å². The van der Waals surface area contributed by atoms with Crippen LogP contribution in [0, 0.1) is 0 Å². The van der Waals surface area contributed by atoms with Gasteiger partial charge in [0.05, 0.1) is 5.52 Å². The standard InChI is InChI=1S/C38H42N6O4/c1-3-32(16-17-36(47)42-26-46)43(2)23-31-19-29(14-15-30(31)25-45)21-39-20-27-10-12-28(13-11-27)22-41-37(48)24-44-35-9-5-4-7-33(35)34-8-6-18-40-38(34)44/h4-15,18-19,25-26,32,39H,3,16-17,20-24H2,1-2H3,(H,41,48)(H,42,46,47). The van der Waals surface area contributed by atoms with Crippen molar-refractivity contribution in [2.75, 3.05) is 7.05 Å². The summed E-state index contributed by atoms with van der Waals surface area (Å²) in [6, 6.07) is 26.2. The van der Waals surface area contributed by atoms with Gasteiger partial charge in [-0.25, -0.2) is 4.98 Å². The first kappa shape index (κ1) is 34.2. The van der Waals surface area contributed by atoms with Crippen LogP contribution < -0.4 is 16.0 Å². The number of hydrogen-bond donors (Lipinski definition) is 3. The number of amides is 3. The van der Waals surface area contributed by atoms with Gasteiger partial charge in [0.2, 0.25) is 18.2 Å². The van der Waals surface area contributed by atoms with Crippen molar-refractivity contribution in [1.29, 1.82) is 0 Å². The first-order valence-corrected chi connectivity index (χ1v) is 16.3. The summed E-state index contributed by atoms with van der Waals surface area (Å²) in [4.78, 5) is 53.7. The number of rotatable bonds is 17. The molecular formula is C38H42N6O4. The number of pyridine rings is 1. The smallest absolute Gasteiger partial charge is 0.240 e. The fourth-order valence-electron chi connectivity index (χ4n) is 6.15. The zero-order chi connectivity index (χ0) is 33.9. The Kier molecular flexibility index (Phi) is 11.8. The highest BCUT2D eigenvalue weighted by Gasteiger charge is 2.17. The lowest BCUT2D eigenvalue weighted by atomic mass is 10.0. The molecule has 5 rings (SSSR count). The molecule has 2 aromatic heterocycles. The van der Waals surface area contributed by atoms with E-state index in [1.54, 1.807) is 6.20 Å². The van der Waals surface area contributed by atoms with Gasteiger partial charge >= 0.3 is 0 Å². The largest absolute Gasteiger partial charge is 0.350 e. The first-order valence-electron chi connectivity index (χ1n) is 16.3. The van der Waals surface area contributed by atoms with Gasteiger partial charge in [-0.15, -0.1) is 0 Å². The van der Waals surface area contributed by atoms with Gasteiger partial charge in [-0.2, -0.15) is 0 Å². The third kappa shape index (κ3) is 8.58. The summed E-state index contributed by atoms with van der Waals surface area (Å²) >= 11 is 0. The molecule has 10 heteroatoms. The van der Waals surface area contributed by atoms with Crippen molar-refractivity contribution in [3.05, 3.63) is 113 Å². The van der Waals surface area contributed by atoms with Crippen molar-refractivity contribution in [3.8, 4) is 0 Å². The second kappa shape index (κ2) is 16.6. The monoisotopic (exact) mass is 646 g/mol. The quantitative estimate of drug-likeness (QED) is 0.123. The topological polar surface area (TPSA) is 125 Å². The van der Waals surface area contributed by atoms with E-state index in [4.69, 9.17) is 0 Å². The number of imide groups is 1. The Balaban J connectivity index is 1.11. The van der Waals surface area contributed by atoms with Crippen LogP contribution >= 0.6 is 0 Å².